The summed E-state index contributed by atoms with van der Waals surface area (Å²) in [7, 11) is -0.0791. The molecular weight excluding hydrogens is 191 g/mol. The molecule has 0 aliphatic heterocycles. The second-order valence-corrected chi connectivity index (χ2v) is 5.21. The zero-order valence-corrected chi connectivity index (χ0v) is 10.8. The first-order valence-electron chi connectivity index (χ1n) is 6.22. The van der Waals surface area contributed by atoms with E-state index in [1.165, 1.54) is 57.8 Å². The van der Waals surface area contributed by atoms with Gasteiger partial charge >= 0.3 is 8.46 Å². The van der Waals surface area contributed by atoms with E-state index in [1.54, 1.807) is 0 Å². The highest BCUT2D eigenvalue weighted by Crippen LogP contribution is 2.21. The fraction of sp³-hybridized carbons (Fsp3) is 1.00. The van der Waals surface area contributed by atoms with E-state index in [1.807, 2.05) is 0 Å². The van der Waals surface area contributed by atoms with Crippen LogP contribution in [0.15, 0.2) is 0 Å². The lowest BCUT2D eigenvalue weighted by molar-refractivity contribution is 0.544. The van der Waals surface area contributed by atoms with Gasteiger partial charge in [0.1, 0.15) is 0 Å². The van der Waals surface area contributed by atoms with Crippen LogP contribution in [0.2, 0.25) is 0 Å². The molecule has 0 N–H and O–H groups in total. The number of hydrogen-bond acceptors (Lipinski definition) is 1. The highest BCUT2D eigenvalue weighted by molar-refractivity contribution is 7.24. The third kappa shape index (κ3) is 8.69. The van der Waals surface area contributed by atoms with Crippen molar-refractivity contribution in [1.82, 2.24) is 0 Å². The Hall–Kier alpha value is 0.100. The predicted octanol–water partition coefficient (Wildman–Crippen LogP) is 4.93. The Morgan fingerprint density at radius 2 is 1.43 bits per heavy atom. The van der Waals surface area contributed by atoms with Gasteiger partial charge in [-0.05, 0) is 25.7 Å². The van der Waals surface area contributed by atoms with Crippen molar-refractivity contribution in [2.45, 2.75) is 77.3 Å². The van der Waals surface area contributed by atoms with Gasteiger partial charge in [0.05, 0.1) is 0 Å². The largest absolute Gasteiger partial charge is 0.327 e. The normalized spacial score (nSPS) is 13.3. The molecule has 2 atom stereocenters. The molecule has 0 aliphatic rings. The Morgan fingerprint density at radius 3 is 2.00 bits per heavy atom. The van der Waals surface area contributed by atoms with Gasteiger partial charge in [-0.1, -0.05) is 50.5 Å². The van der Waals surface area contributed by atoms with Crippen LogP contribution < -0.4 is 0 Å². The predicted molar refractivity (Wildman–Crippen MR) is 65.7 cm³/mol. The Kier molecular flexibility index (Phi) is 11.3. The van der Waals surface area contributed by atoms with Crippen LogP contribution in [0.1, 0.15) is 71.6 Å². The molecule has 1 nitrogen and oxygen atoms in total. The second-order valence-electron chi connectivity index (χ2n) is 4.16. The van der Waals surface area contributed by atoms with Crippen LogP contribution in [-0.2, 0) is 4.57 Å². The highest BCUT2D eigenvalue weighted by Gasteiger charge is 2.13. The van der Waals surface area contributed by atoms with Crippen molar-refractivity contribution in [3.63, 3.8) is 0 Å². The summed E-state index contributed by atoms with van der Waals surface area (Å²) in [6.07, 6.45) is 11.5. The average molecular weight is 217 g/mol. The smallest absolute Gasteiger partial charge is 0.0772 e. The molecule has 0 aromatic carbocycles. The molecule has 2 unspecified atom stereocenters. The molecule has 0 rings (SSSR count). The van der Waals surface area contributed by atoms with Gasteiger partial charge in [0.15, 0.2) is 5.66 Å². The summed E-state index contributed by atoms with van der Waals surface area (Å²) in [5.41, 5.74) is 0.497. The minimum Gasteiger partial charge on any atom is -0.0772 e. The second kappa shape index (κ2) is 11.2. The van der Waals surface area contributed by atoms with E-state index in [2.05, 4.69) is 13.8 Å². The summed E-state index contributed by atoms with van der Waals surface area (Å²) in [4.78, 5) is 0. The molecule has 0 radical (unpaired) electrons. The summed E-state index contributed by atoms with van der Waals surface area (Å²) in [6.45, 7) is 4.44. The molecule has 0 amide bonds. The van der Waals surface area contributed by atoms with Gasteiger partial charge in [0.25, 0.3) is 0 Å². The van der Waals surface area contributed by atoms with Crippen LogP contribution in [0.3, 0.4) is 0 Å². The lowest BCUT2D eigenvalue weighted by atomic mass is 10.1. The fourth-order valence-corrected chi connectivity index (χ4v) is 2.35. The van der Waals surface area contributed by atoms with Crippen molar-refractivity contribution >= 4 is 8.46 Å². The Balaban J connectivity index is 3.28. The van der Waals surface area contributed by atoms with Gasteiger partial charge in [-0.15, -0.1) is 0 Å². The number of unbranched alkanes of at least 4 members (excludes halogenated alkanes) is 5. The molecule has 0 heterocycles. The van der Waals surface area contributed by atoms with Crippen LogP contribution >= 0.6 is 8.46 Å². The van der Waals surface area contributed by atoms with Crippen molar-refractivity contribution in [2.75, 3.05) is 0 Å². The minimum atomic E-state index is -0.0791. The van der Waals surface area contributed by atoms with Crippen molar-refractivity contribution in [2.24, 2.45) is 0 Å². The SMILES string of the molecule is CCCCCCCC(CCCC)[PH+]=O. The van der Waals surface area contributed by atoms with Crippen molar-refractivity contribution in [3.8, 4) is 0 Å². The monoisotopic (exact) mass is 217 g/mol. The van der Waals surface area contributed by atoms with Gasteiger partial charge in [-0.3, -0.25) is 0 Å². The Labute approximate surface area is 90.9 Å². The molecule has 0 saturated carbocycles. The molecule has 0 aromatic heterocycles. The van der Waals surface area contributed by atoms with Crippen LogP contribution in [-0.4, -0.2) is 5.66 Å². The van der Waals surface area contributed by atoms with Crippen molar-refractivity contribution in [1.29, 1.82) is 0 Å². The minimum absolute atomic E-state index is 0.0791. The standard InChI is InChI=1S/C12H25OP/c1-3-5-7-8-9-11-12(14-13)10-6-4-2/h12H,3-11H2,1-2H3/p+1. The molecule has 0 saturated heterocycles. The first kappa shape index (κ1) is 14.1. The van der Waals surface area contributed by atoms with E-state index in [4.69, 9.17) is 0 Å². The molecule has 0 aliphatic carbocycles. The van der Waals surface area contributed by atoms with Gasteiger partial charge in [-0.2, -0.15) is 0 Å². The maximum Gasteiger partial charge on any atom is 0.327 e. The van der Waals surface area contributed by atoms with Crippen LogP contribution in [0.4, 0.5) is 0 Å². The zero-order chi connectivity index (χ0) is 10.6. The maximum atomic E-state index is 10.9. The molecule has 0 aromatic rings. The molecule has 0 spiro atoms. The van der Waals surface area contributed by atoms with E-state index in [0.717, 1.165) is 0 Å². The Bertz CT molecular complexity index is 125. The molecule has 2 heteroatoms. The summed E-state index contributed by atoms with van der Waals surface area (Å²) >= 11 is 0. The van der Waals surface area contributed by atoms with Crippen LogP contribution in [0.5, 0.6) is 0 Å². The summed E-state index contributed by atoms with van der Waals surface area (Å²) < 4.78 is 10.9. The summed E-state index contributed by atoms with van der Waals surface area (Å²) in [6, 6.07) is 0. The first-order valence-corrected chi connectivity index (χ1v) is 7.21. The lowest BCUT2D eigenvalue weighted by Gasteiger charge is -2.03. The van der Waals surface area contributed by atoms with E-state index < -0.39 is 0 Å². The molecule has 0 bridgehead atoms. The van der Waals surface area contributed by atoms with Gasteiger partial charge in [0.2, 0.25) is 0 Å². The maximum absolute atomic E-state index is 10.9. The molecule has 14 heavy (non-hydrogen) atoms. The van der Waals surface area contributed by atoms with E-state index >= 15 is 0 Å². The van der Waals surface area contributed by atoms with E-state index in [0.29, 0.717) is 5.66 Å². The number of rotatable bonds is 10. The van der Waals surface area contributed by atoms with Crippen LogP contribution in [0.25, 0.3) is 0 Å². The topological polar surface area (TPSA) is 17.1 Å². The van der Waals surface area contributed by atoms with Gasteiger partial charge in [0, 0.05) is 0 Å². The number of hydrogen-bond donors (Lipinski definition) is 0. The first-order chi connectivity index (χ1) is 6.85. The summed E-state index contributed by atoms with van der Waals surface area (Å²) in [5.74, 6) is 0. The van der Waals surface area contributed by atoms with Crippen LogP contribution in [0, 0.1) is 0 Å². The third-order valence-electron chi connectivity index (χ3n) is 2.73. The highest BCUT2D eigenvalue weighted by atomic mass is 31.1. The molecular formula is C12H26OP+. The molecule has 0 fully saturated rings. The van der Waals surface area contributed by atoms with Crippen molar-refractivity contribution in [3.05, 3.63) is 0 Å². The lowest BCUT2D eigenvalue weighted by Crippen LogP contribution is -1.98. The fourth-order valence-electron chi connectivity index (χ4n) is 1.71. The zero-order valence-electron chi connectivity index (χ0n) is 9.85. The average Bonchev–Trinajstić information content (AvgIpc) is 2.22. The Morgan fingerprint density at radius 1 is 0.857 bits per heavy atom. The van der Waals surface area contributed by atoms with Gasteiger partial charge < -0.3 is 0 Å². The van der Waals surface area contributed by atoms with Gasteiger partial charge in [-0.25, -0.2) is 0 Å². The third-order valence-corrected chi connectivity index (χ3v) is 3.64. The quantitative estimate of drug-likeness (QED) is 0.374. The van der Waals surface area contributed by atoms with Crippen molar-refractivity contribution < 1.29 is 4.57 Å². The molecule has 84 valence electrons. The summed E-state index contributed by atoms with van der Waals surface area (Å²) in [5, 5.41) is 0. The van der Waals surface area contributed by atoms with E-state index in [-0.39, 0.29) is 8.46 Å². The van der Waals surface area contributed by atoms with E-state index in [9.17, 15) is 4.57 Å².